The van der Waals surface area contributed by atoms with E-state index in [0.717, 1.165) is 17.1 Å². The highest BCUT2D eigenvalue weighted by Crippen LogP contribution is 2.32. The molecule has 0 fully saturated rings. The van der Waals surface area contributed by atoms with E-state index in [4.69, 9.17) is 9.47 Å². The summed E-state index contributed by atoms with van der Waals surface area (Å²) in [6, 6.07) is 15.5. The SMILES string of the molecule is COc1ccc(CC(=O)NCC2COc3ccccc32)cc1. The summed E-state index contributed by atoms with van der Waals surface area (Å²) in [6.45, 7) is 1.23. The molecule has 1 unspecified atom stereocenters. The summed E-state index contributed by atoms with van der Waals surface area (Å²) in [7, 11) is 1.63. The van der Waals surface area contributed by atoms with Gasteiger partial charge in [-0.1, -0.05) is 30.3 Å². The molecular weight excluding hydrogens is 278 g/mol. The monoisotopic (exact) mass is 297 g/mol. The first-order valence-corrected chi connectivity index (χ1v) is 7.37. The van der Waals surface area contributed by atoms with Crippen molar-refractivity contribution in [2.75, 3.05) is 20.3 Å². The fraction of sp³-hybridized carbons (Fsp3) is 0.278. The highest BCUT2D eigenvalue weighted by atomic mass is 16.5. The van der Waals surface area contributed by atoms with E-state index in [9.17, 15) is 4.79 Å². The second kappa shape index (κ2) is 6.52. The molecule has 0 saturated heterocycles. The number of amides is 1. The minimum Gasteiger partial charge on any atom is -0.497 e. The molecule has 1 aliphatic heterocycles. The molecule has 0 aliphatic carbocycles. The van der Waals surface area contributed by atoms with Crippen LogP contribution in [0.5, 0.6) is 11.5 Å². The molecule has 1 N–H and O–H groups in total. The number of carbonyl (C=O) groups is 1. The van der Waals surface area contributed by atoms with Crippen molar-refractivity contribution in [3.63, 3.8) is 0 Å². The third-order valence-electron chi connectivity index (χ3n) is 3.87. The van der Waals surface area contributed by atoms with E-state index in [-0.39, 0.29) is 11.8 Å². The molecule has 0 aromatic heterocycles. The molecular formula is C18H19NO3. The molecule has 1 aliphatic rings. The van der Waals surface area contributed by atoms with Gasteiger partial charge in [0, 0.05) is 18.0 Å². The summed E-state index contributed by atoms with van der Waals surface area (Å²) in [4.78, 5) is 12.1. The molecule has 22 heavy (non-hydrogen) atoms. The van der Waals surface area contributed by atoms with Gasteiger partial charge in [-0.15, -0.1) is 0 Å². The van der Waals surface area contributed by atoms with Gasteiger partial charge in [0.2, 0.25) is 5.91 Å². The molecule has 4 heteroatoms. The van der Waals surface area contributed by atoms with E-state index in [0.29, 0.717) is 19.6 Å². The number of para-hydroxylation sites is 1. The second-order valence-electron chi connectivity index (χ2n) is 5.37. The van der Waals surface area contributed by atoms with Crippen molar-refractivity contribution in [2.45, 2.75) is 12.3 Å². The minimum atomic E-state index is 0.0227. The average Bonchev–Trinajstić information content (AvgIpc) is 2.97. The summed E-state index contributed by atoms with van der Waals surface area (Å²) >= 11 is 0. The van der Waals surface area contributed by atoms with Crippen LogP contribution in [0.15, 0.2) is 48.5 Å². The van der Waals surface area contributed by atoms with Gasteiger partial charge >= 0.3 is 0 Å². The van der Waals surface area contributed by atoms with Crippen LogP contribution in [-0.4, -0.2) is 26.2 Å². The van der Waals surface area contributed by atoms with Gasteiger partial charge in [0.15, 0.2) is 0 Å². The molecule has 4 nitrogen and oxygen atoms in total. The minimum absolute atomic E-state index is 0.0227. The number of rotatable bonds is 5. The number of carbonyl (C=O) groups excluding carboxylic acids is 1. The first-order valence-electron chi connectivity index (χ1n) is 7.37. The smallest absolute Gasteiger partial charge is 0.224 e. The highest BCUT2D eigenvalue weighted by Gasteiger charge is 2.23. The maximum Gasteiger partial charge on any atom is 0.224 e. The molecule has 1 atom stereocenters. The Morgan fingerprint density at radius 1 is 1.23 bits per heavy atom. The van der Waals surface area contributed by atoms with Crippen molar-refractivity contribution < 1.29 is 14.3 Å². The molecule has 2 aromatic carbocycles. The standard InChI is InChI=1S/C18H19NO3/c1-21-15-8-6-13(7-9-15)10-18(20)19-11-14-12-22-17-5-3-2-4-16(14)17/h2-9,14H,10-12H2,1H3,(H,19,20). The molecule has 114 valence electrons. The van der Waals surface area contributed by atoms with Gasteiger partial charge < -0.3 is 14.8 Å². The fourth-order valence-corrected chi connectivity index (χ4v) is 2.63. The number of nitrogens with one attached hydrogen (secondary N) is 1. The lowest BCUT2D eigenvalue weighted by Gasteiger charge is -2.11. The zero-order valence-corrected chi connectivity index (χ0v) is 12.5. The average molecular weight is 297 g/mol. The predicted molar refractivity (Wildman–Crippen MR) is 84.4 cm³/mol. The number of hydrogen-bond acceptors (Lipinski definition) is 3. The number of hydrogen-bond donors (Lipinski definition) is 1. The third-order valence-corrected chi connectivity index (χ3v) is 3.87. The van der Waals surface area contributed by atoms with E-state index < -0.39 is 0 Å². The molecule has 0 saturated carbocycles. The Kier molecular flexibility index (Phi) is 4.28. The van der Waals surface area contributed by atoms with Crippen molar-refractivity contribution in [1.29, 1.82) is 0 Å². The second-order valence-corrected chi connectivity index (χ2v) is 5.37. The van der Waals surface area contributed by atoms with Crippen LogP contribution in [0.1, 0.15) is 17.0 Å². The van der Waals surface area contributed by atoms with E-state index in [1.807, 2.05) is 42.5 Å². The van der Waals surface area contributed by atoms with Gasteiger partial charge in [-0.2, -0.15) is 0 Å². The van der Waals surface area contributed by atoms with Gasteiger partial charge in [0.05, 0.1) is 20.1 Å². The summed E-state index contributed by atoms with van der Waals surface area (Å²) in [5.41, 5.74) is 2.15. The summed E-state index contributed by atoms with van der Waals surface area (Å²) in [5, 5.41) is 2.99. The number of ether oxygens (including phenoxy) is 2. The van der Waals surface area contributed by atoms with Gasteiger partial charge in [0.25, 0.3) is 0 Å². The summed E-state index contributed by atoms with van der Waals surface area (Å²) in [6.07, 6.45) is 0.374. The Morgan fingerprint density at radius 2 is 2.00 bits per heavy atom. The van der Waals surface area contributed by atoms with E-state index >= 15 is 0 Å². The largest absolute Gasteiger partial charge is 0.497 e. The maximum absolute atomic E-state index is 12.1. The normalized spacial score (nSPS) is 15.8. The Hall–Kier alpha value is -2.49. The maximum atomic E-state index is 12.1. The van der Waals surface area contributed by atoms with Crippen LogP contribution in [0.3, 0.4) is 0 Å². The molecule has 2 aromatic rings. The van der Waals surface area contributed by atoms with E-state index in [2.05, 4.69) is 11.4 Å². The molecule has 1 heterocycles. The molecule has 1 amide bonds. The molecule has 0 radical (unpaired) electrons. The molecule has 0 bridgehead atoms. The van der Waals surface area contributed by atoms with Crippen LogP contribution < -0.4 is 14.8 Å². The number of benzene rings is 2. The van der Waals surface area contributed by atoms with Crippen LogP contribution in [0.2, 0.25) is 0 Å². The predicted octanol–water partition coefficient (Wildman–Crippen LogP) is 2.53. The van der Waals surface area contributed by atoms with Crippen molar-refractivity contribution in [2.24, 2.45) is 0 Å². The third kappa shape index (κ3) is 3.22. The fourth-order valence-electron chi connectivity index (χ4n) is 2.63. The van der Waals surface area contributed by atoms with Gasteiger partial charge in [-0.3, -0.25) is 4.79 Å². The van der Waals surface area contributed by atoms with E-state index in [1.165, 1.54) is 5.56 Å². The van der Waals surface area contributed by atoms with Crippen LogP contribution >= 0.6 is 0 Å². The number of fused-ring (bicyclic) bond motifs is 1. The molecule has 0 spiro atoms. The lowest BCUT2D eigenvalue weighted by molar-refractivity contribution is -0.120. The molecule has 3 rings (SSSR count). The zero-order valence-electron chi connectivity index (χ0n) is 12.5. The lowest BCUT2D eigenvalue weighted by atomic mass is 10.0. The first-order chi connectivity index (χ1) is 10.8. The first kappa shape index (κ1) is 14.4. The highest BCUT2D eigenvalue weighted by molar-refractivity contribution is 5.78. The Morgan fingerprint density at radius 3 is 2.77 bits per heavy atom. The Balaban J connectivity index is 1.52. The van der Waals surface area contributed by atoms with Gasteiger partial charge in [-0.05, 0) is 23.8 Å². The summed E-state index contributed by atoms with van der Waals surface area (Å²) < 4.78 is 10.7. The zero-order chi connectivity index (χ0) is 15.4. The Bertz CT molecular complexity index is 652. The van der Waals surface area contributed by atoms with Crippen molar-refractivity contribution in [1.82, 2.24) is 5.32 Å². The Labute approximate surface area is 130 Å². The van der Waals surface area contributed by atoms with Crippen LogP contribution in [0.4, 0.5) is 0 Å². The lowest BCUT2D eigenvalue weighted by Crippen LogP contribution is -2.30. The van der Waals surface area contributed by atoms with Gasteiger partial charge in [-0.25, -0.2) is 0 Å². The van der Waals surface area contributed by atoms with Crippen LogP contribution in [0, 0.1) is 0 Å². The van der Waals surface area contributed by atoms with Crippen molar-refractivity contribution in [3.05, 3.63) is 59.7 Å². The van der Waals surface area contributed by atoms with Crippen LogP contribution in [-0.2, 0) is 11.2 Å². The van der Waals surface area contributed by atoms with E-state index in [1.54, 1.807) is 7.11 Å². The topological polar surface area (TPSA) is 47.6 Å². The quantitative estimate of drug-likeness (QED) is 0.922. The van der Waals surface area contributed by atoms with Gasteiger partial charge in [0.1, 0.15) is 11.5 Å². The number of methoxy groups -OCH3 is 1. The van der Waals surface area contributed by atoms with Crippen molar-refractivity contribution >= 4 is 5.91 Å². The van der Waals surface area contributed by atoms with Crippen LogP contribution in [0.25, 0.3) is 0 Å². The summed E-state index contributed by atoms with van der Waals surface area (Å²) in [5.74, 6) is 1.98. The van der Waals surface area contributed by atoms with Crippen molar-refractivity contribution in [3.8, 4) is 11.5 Å².